The lowest BCUT2D eigenvalue weighted by Gasteiger charge is -2.43. The van der Waals surface area contributed by atoms with Crippen molar-refractivity contribution < 1.29 is 9.59 Å². The number of rotatable bonds is 4. The van der Waals surface area contributed by atoms with Gasteiger partial charge in [-0.2, -0.15) is 0 Å². The van der Waals surface area contributed by atoms with Crippen molar-refractivity contribution in [3.8, 4) is 0 Å². The van der Waals surface area contributed by atoms with Crippen molar-refractivity contribution in [3.05, 3.63) is 35.9 Å². The molecular formula is C21H31N3O2. The van der Waals surface area contributed by atoms with Crippen LogP contribution in [0.4, 0.5) is 0 Å². The molecule has 5 nitrogen and oxygen atoms in total. The molecule has 0 radical (unpaired) electrons. The first-order valence-electron chi connectivity index (χ1n) is 9.82. The van der Waals surface area contributed by atoms with Gasteiger partial charge < -0.3 is 14.7 Å². The molecule has 1 aromatic rings. The fourth-order valence-corrected chi connectivity index (χ4v) is 4.47. The number of likely N-dealkylation sites (tertiary alicyclic amines) is 2. The Morgan fingerprint density at radius 2 is 1.81 bits per heavy atom. The van der Waals surface area contributed by atoms with E-state index in [1.807, 2.05) is 54.1 Å². The molecule has 2 saturated heterocycles. The summed E-state index contributed by atoms with van der Waals surface area (Å²) in [5.74, 6) is 0.200. The lowest BCUT2D eigenvalue weighted by atomic mass is 9.83. The molecule has 2 atom stereocenters. The first-order chi connectivity index (χ1) is 12.5. The van der Waals surface area contributed by atoms with Crippen molar-refractivity contribution in [1.29, 1.82) is 0 Å². The van der Waals surface area contributed by atoms with Gasteiger partial charge in [0.15, 0.2) is 0 Å². The molecule has 5 heteroatoms. The van der Waals surface area contributed by atoms with Crippen LogP contribution in [0.5, 0.6) is 0 Å². The Kier molecular flexibility index (Phi) is 5.97. The number of piperidine rings is 2. The number of hydrogen-bond donors (Lipinski definition) is 0. The summed E-state index contributed by atoms with van der Waals surface area (Å²) < 4.78 is 0. The fraction of sp³-hybridized carbons (Fsp3) is 0.619. The lowest BCUT2D eigenvalue weighted by molar-refractivity contribution is -0.148. The van der Waals surface area contributed by atoms with Crippen molar-refractivity contribution in [2.45, 2.75) is 44.7 Å². The number of benzene rings is 1. The third kappa shape index (κ3) is 3.78. The second-order valence-electron chi connectivity index (χ2n) is 7.66. The summed E-state index contributed by atoms with van der Waals surface area (Å²) in [7, 11) is 4.09. The second-order valence-corrected chi connectivity index (χ2v) is 7.66. The maximum Gasteiger partial charge on any atom is 0.228 e. The molecular weight excluding hydrogens is 326 g/mol. The molecule has 0 N–H and O–H groups in total. The van der Waals surface area contributed by atoms with Crippen molar-refractivity contribution >= 4 is 11.8 Å². The van der Waals surface area contributed by atoms with E-state index >= 15 is 0 Å². The normalized spacial score (nSPS) is 25.3. The largest absolute Gasteiger partial charge is 0.342 e. The molecule has 2 heterocycles. The van der Waals surface area contributed by atoms with Crippen LogP contribution in [-0.4, -0.2) is 66.3 Å². The number of amides is 2. The van der Waals surface area contributed by atoms with Gasteiger partial charge in [0, 0.05) is 26.1 Å². The molecule has 2 fully saturated rings. The van der Waals surface area contributed by atoms with E-state index in [0.29, 0.717) is 25.4 Å². The Hall–Kier alpha value is -1.88. The topological polar surface area (TPSA) is 43.9 Å². The van der Waals surface area contributed by atoms with Gasteiger partial charge >= 0.3 is 0 Å². The molecule has 26 heavy (non-hydrogen) atoms. The van der Waals surface area contributed by atoms with Crippen LogP contribution in [-0.2, 0) is 9.59 Å². The van der Waals surface area contributed by atoms with Gasteiger partial charge in [-0.1, -0.05) is 30.3 Å². The summed E-state index contributed by atoms with van der Waals surface area (Å²) in [5.41, 5.74) is 1.07. The van der Waals surface area contributed by atoms with Crippen LogP contribution in [0.15, 0.2) is 30.3 Å². The molecule has 0 bridgehead atoms. The van der Waals surface area contributed by atoms with Crippen LogP contribution in [0.3, 0.4) is 0 Å². The number of hydrogen-bond acceptors (Lipinski definition) is 3. The van der Waals surface area contributed by atoms with Gasteiger partial charge in [-0.3, -0.25) is 9.59 Å². The van der Waals surface area contributed by atoms with Gasteiger partial charge in [0.05, 0.1) is 12.0 Å². The minimum Gasteiger partial charge on any atom is -0.342 e. The third-order valence-electron chi connectivity index (χ3n) is 6.09. The van der Waals surface area contributed by atoms with E-state index in [9.17, 15) is 9.59 Å². The van der Waals surface area contributed by atoms with Crippen LogP contribution in [0.1, 0.15) is 44.2 Å². The summed E-state index contributed by atoms with van der Waals surface area (Å²) in [4.78, 5) is 32.1. The number of carbonyl (C=O) groups is 2. The highest BCUT2D eigenvalue weighted by Gasteiger charge is 2.42. The molecule has 2 aliphatic heterocycles. The standard InChI is InChI=1S/C21H31N3O2/c1-4-24-19(25)11-10-18(20(24)16-8-6-5-7-9-16)21(26)23(3)17-12-14-22(2)15-13-17/h5-9,17-18,20H,4,10-15H2,1-3H3/t18-,20+/m1/s1. The summed E-state index contributed by atoms with van der Waals surface area (Å²) in [6, 6.07) is 10.2. The van der Waals surface area contributed by atoms with Crippen LogP contribution in [0.25, 0.3) is 0 Å². The highest BCUT2D eigenvalue weighted by atomic mass is 16.2. The van der Waals surface area contributed by atoms with E-state index < -0.39 is 0 Å². The first-order valence-corrected chi connectivity index (χ1v) is 9.82. The smallest absolute Gasteiger partial charge is 0.228 e. The molecule has 0 saturated carbocycles. The molecule has 142 valence electrons. The maximum absolute atomic E-state index is 13.4. The van der Waals surface area contributed by atoms with E-state index in [-0.39, 0.29) is 23.8 Å². The maximum atomic E-state index is 13.4. The third-order valence-corrected chi connectivity index (χ3v) is 6.09. The molecule has 0 aliphatic carbocycles. The van der Waals surface area contributed by atoms with Gasteiger partial charge in [-0.05, 0) is 51.9 Å². The van der Waals surface area contributed by atoms with Gasteiger partial charge in [0.2, 0.25) is 11.8 Å². The van der Waals surface area contributed by atoms with Crippen LogP contribution in [0, 0.1) is 5.92 Å². The summed E-state index contributed by atoms with van der Waals surface area (Å²) >= 11 is 0. The predicted octanol–water partition coefficient (Wildman–Crippen LogP) is 2.54. The van der Waals surface area contributed by atoms with E-state index in [0.717, 1.165) is 31.5 Å². The Morgan fingerprint density at radius 3 is 2.42 bits per heavy atom. The Balaban J connectivity index is 1.83. The zero-order valence-electron chi connectivity index (χ0n) is 16.2. The number of carbonyl (C=O) groups excluding carboxylic acids is 2. The van der Waals surface area contributed by atoms with Crippen molar-refractivity contribution in [2.75, 3.05) is 33.7 Å². The first kappa shape index (κ1) is 18.9. The Morgan fingerprint density at radius 1 is 1.15 bits per heavy atom. The summed E-state index contributed by atoms with van der Waals surface area (Å²) in [6.07, 6.45) is 3.16. The van der Waals surface area contributed by atoms with Crippen molar-refractivity contribution in [1.82, 2.24) is 14.7 Å². The minimum atomic E-state index is -0.153. The van der Waals surface area contributed by atoms with Gasteiger partial charge in [0.25, 0.3) is 0 Å². The van der Waals surface area contributed by atoms with Crippen molar-refractivity contribution in [3.63, 3.8) is 0 Å². The highest BCUT2D eigenvalue weighted by Crippen LogP contribution is 2.38. The average molecular weight is 357 g/mol. The Labute approximate surface area is 156 Å². The van der Waals surface area contributed by atoms with E-state index in [4.69, 9.17) is 0 Å². The monoisotopic (exact) mass is 357 g/mol. The molecule has 2 amide bonds. The summed E-state index contributed by atoms with van der Waals surface area (Å²) in [6.45, 7) is 4.71. The minimum absolute atomic E-state index is 0.149. The zero-order chi connectivity index (χ0) is 18.7. The fourth-order valence-electron chi connectivity index (χ4n) is 4.47. The van der Waals surface area contributed by atoms with Crippen LogP contribution >= 0.6 is 0 Å². The van der Waals surface area contributed by atoms with Gasteiger partial charge in [-0.25, -0.2) is 0 Å². The Bertz CT molecular complexity index is 625. The molecule has 3 rings (SSSR count). The highest BCUT2D eigenvalue weighted by molar-refractivity contribution is 5.85. The van der Waals surface area contributed by atoms with Gasteiger partial charge in [0.1, 0.15) is 0 Å². The second kappa shape index (κ2) is 8.21. The number of nitrogens with zero attached hydrogens (tertiary/aromatic N) is 3. The molecule has 0 unspecified atom stereocenters. The van der Waals surface area contributed by atoms with E-state index in [2.05, 4.69) is 11.9 Å². The molecule has 2 aliphatic rings. The molecule has 0 aromatic heterocycles. The summed E-state index contributed by atoms with van der Waals surface area (Å²) in [5, 5.41) is 0. The van der Waals surface area contributed by atoms with Crippen LogP contribution in [0.2, 0.25) is 0 Å². The SMILES string of the molecule is CCN1C(=O)CC[C@@H](C(=O)N(C)C2CCN(C)CC2)[C@@H]1c1ccccc1. The van der Waals surface area contributed by atoms with Crippen LogP contribution < -0.4 is 0 Å². The molecule has 1 aromatic carbocycles. The molecule has 0 spiro atoms. The lowest BCUT2D eigenvalue weighted by Crippen LogP contribution is -2.51. The average Bonchev–Trinajstić information content (AvgIpc) is 2.68. The zero-order valence-corrected chi connectivity index (χ0v) is 16.2. The van der Waals surface area contributed by atoms with E-state index in [1.165, 1.54) is 0 Å². The predicted molar refractivity (Wildman–Crippen MR) is 103 cm³/mol. The van der Waals surface area contributed by atoms with Gasteiger partial charge in [-0.15, -0.1) is 0 Å². The van der Waals surface area contributed by atoms with Crippen molar-refractivity contribution in [2.24, 2.45) is 5.92 Å². The quantitative estimate of drug-likeness (QED) is 0.832. The van der Waals surface area contributed by atoms with E-state index in [1.54, 1.807) is 0 Å².